The fourth-order valence-corrected chi connectivity index (χ4v) is 0.346. The van der Waals surface area contributed by atoms with Gasteiger partial charge in [-0.05, 0) is 13.3 Å². The summed E-state index contributed by atoms with van der Waals surface area (Å²) < 4.78 is 0. The highest BCUT2D eigenvalue weighted by Crippen LogP contribution is 1.82. The van der Waals surface area contributed by atoms with Crippen molar-refractivity contribution >= 4 is 5.71 Å². The Kier molecular flexibility index (Phi) is 3.39. The minimum absolute atomic E-state index is 0.532. The monoisotopic (exact) mass is 115 g/mol. The molecule has 0 amide bonds. The van der Waals surface area contributed by atoms with E-state index in [0.29, 0.717) is 0 Å². The van der Waals surface area contributed by atoms with Gasteiger partial charge in [-0.15, -0.1) is 0 Å². The maximum absolute atomic E-state index is 5.16. The Labute approximate surface area is 49.8 Å². The second-order valence-electron chi connectivity index (χ2n) is 1.71. The van der Waals surface area contributed by atoms with Crippen molar-refractivity contribution in [3.8, 4) is 0 Å². The second kappa shape index (κ2) is 3.57. The van der Waals surface area contributed by atoms with E-state index in [1.54, 1.807) is 0 Å². The van der Waals surface area contributed by atoms with E-state index < -0.39 is 6.29 Å². The van der Waals surface area contributed by atoms with Gasteiger partial charge < -0.3 is 0 Å². The van der Waals surface area contributed by atoms with Crippen molar-refractivity contribution in [3.63, 3.8) is 0 Å². The molecule has 0 unspecified atom stereocenters. The zero-order valence-corrected chi connectivity index (χ0v) is 5.39. The Morgan fingerprint density at radius 3 is 2.25 bits per heavy atom. The molecule has 0 saturated carbocycles. The smallest absolute Gasteiger partial charge is 0.148 e. The van der Waals surface area contributed by atoms with E-state index in [4.69, 9.17) is 11.5 Å². The molecule has 8 heavy (non-hydrogen) atoms. The van der Waals surface area contributed by atoms with Crippen LogP contribution in [0.15, 0.2) is 4.99 Å². The van der Waals surface area contributed by atoms with Crippen LogP contribution in [0.4, 0.5) is 0 Å². The molecule has 0 atom stereocenters. The van der Waals surface area contributed by atoms with E-state index in [-0.39, 0.29) is 0 Å². The predicted molar refractivity (Wildman–Crippen MR) is 35.6 cm³/mol. The van der Waals surface area contributed by atoms with Crippen LogP contribution < -0.4 is 11.5 Å². The van der Waals surface area contributed by atoms with Crippen molar-refractivity contribution in [2.75, 3.05) is 0 Å². The minimum atomic E-state index is -0.532. The Hall–Kier alpha value is -0.410. The summed E-state index contributed by atoms with van der Waals surface area (Å²) in [5.41, 5.74) is 11.3. The van der Waals surface area contributed by atoms with Crippen molar-refractivity contribution in [2.24, 2.45) is 16.5 Å². The summed E-state index contributed by atoms with van der Waals surface area (Å²) in [6, 6.07) is 0. The van der Waals surface area contributed by atoms with E-state index in [9.17, 15) is 0 Å². The van der Waals surface area contributed by atoms with Crippen LogP contribution in [-0.2, 0) is 0 Å². The van der Waals surface area contributed by atoms with Crippen LogP contribution in [0.5, 0.6) is 0 Å². The van der Waals surface area contributed by atoms with Gasteiger partial charge in [0.15, 0.2) is 0 Å². The first kappa shape index (κ1) is 7.59. The van der Waals surface area contributed by atoms with E-state index in [2.05, 4.69) is 4.99 Å². The summed E-state index contributed by atoms with van der Waals surface area (Å²) in [5.74, 6) is 0. The summed E-state index contributed by atoms with van der Waals surface area (Å²) in [6.07, 6.45) is 0.389. The highest BCUT2D eigenvalue weighted by molar-refractivity contribution is 5.81. The average molecular weight is 115 g/mol. The minimum Gasteiger partial charge on any atom is -0.298 e. The van der Waals surface area contributed by atoms with Crippen LogP contribution in [0.25, 0.3) is 0 Å². The first-order valence-corrected chi connectivity index (χ1v) is 2.71. The van der Waals surface area contributed by atoms with E-state index in [0.717, 1.165) is 12.1 Å². The molecule has 0 bridgehead atoms. The van der Waals surface area contributed by atoms with Crippen LogP contribution in [0, 0.1) is 0 Å². The molecule has 0 aromatic rings. The van der Waals surface area contributed by atoms with Crippen LogP contribution >= 0.6 is 0 Å². The molecule has 0 aromatic heterocycles. The zero-order valence-electron chi connectivity index (χ0n) is 5.39. The summed E-state index contributed by atoms with van der Waals surface area (Å²) in [6.45, 7) is 3.92. The van der Waals surface area contributed by atoms with E-state index in [1.807, 2.05) is 13.8 Å². The van der Waals surface area contributed by atoms with Gasteiger partial charge in [-0.1, -0.05) is 6.92 Å². The lowest BCUT2D eigenvalue weighted by Gasteiger charge is -1.97. The number of nitrogens with zero attached hydrogens (tertiary/aromatic N) is 1. The molecule has 0 aliphatic carbocycles. The van der Waals surface area contributed by atoms with Gasteiger partial charge in [-0.25, -0.2) is 0 Å². The van der Waals surface area contributed by atoms with Crippen molar-refractivity contribution < 1.29 is 0 Å². The predicted octanol–water partition coefficient (Wildman–Crippen LogP) is 0.0583. The van der Waals surface area contributed by atoms with Gasteiger partial charge >= 0.3 is 0 Å². The van der Waals surface area contributed by atoms with Gasteiger partial charge in [0.2, 0.25) is 0 Å². The Morgan fingerprint density at radius 2 is 2.12 bits per heavy atom. The van der Waals surface area contributed by atoms with Gasteiger partial charge in [0, 0.05) is 5.71 Å². The fourth-order valence-electron chi connectivity index (χ4n) is 0.346. The molecule has 0 aliphatic rings. The summed E-state index contributed by atoms with van der Waals surface area (Å²) >= 11 is 0. The molecule has 0 aliphatic heterocycles. The highest BCUT2D eigenvalue weighted by Gasteiger charge is 1.87. The number of rotatable bonds is 2. The number of aliphatic imine (C=N–C) groups is 1. The number of hydrogen-bond acceptors (Lipinski definition) is 3. The van der Waals surface area contributed by atoms with Crippen LogP contribution in [0.3, 0.4) is 0 Å². The highest BCUT2D eigenvalue weighted by atomic mass is 15.1. The Bertz CT molecular complexity index is 85.7. The largest absolute Gasteiger partial charge is 0.298 e. The molecule has 0 rings (SSSR count). The van der Waals surface area contributed by atoms with Gasteiger partial charge in [0.1, 0.15) is 6.29 Å². The Morgan fingerprint density at radius 1 is 1.62 bits per heavy atom. The average Bonchev–Trinajstić information content (AvgIpc) is 1.65. The molecule has 0 radical (unpaired) electrons. The van der Waals surface area contributed by atoms with Crippen LogP contribution in [-0.4, -0.2) is 12.0 Å². The topological polar surface area (TPSA) is 64.4 Å². The molecule has 0 heterocycles. The molecule has 0 spiro atoms. The van der Waals surface area contributed by atoms with Crippen molar-refractivity contribution in [2.45, 2.75) is 26.6 Å². The van der Waals surface area contributed by atoms with Gasteiger partial charge in [0.05, 0.1) is 0 Å². The third kappa shape index (κ3) is 3.77. The summed E-state index contributed by atoms with van der Waals surface area (Å²) in [5, 5.41) is 0. The SMILES string of the molecule is CC/C(C)=N/C(N)N. The molecular weight excluding hydrogens is 102 g/mol. The summed E-state index contributed by atoms with van der Waals surface area (Å²) in [4.78, 5) is 3.87. The van der Waals surface area contributed by atoms with Gasteiger partial charge in [-0.2, -0.15) is 0 Å². The van der Waals surface area contributed by atoms with Gasteiger partial charge in [-0.3, -0.25) is 16.5 Å². The molecule has 4 N–H and O–H groups in total. The van der Waals surface area contributed by atoms with Crippen LogP contribution in [0.2, 0.25) is 0 Å². The molecule has 48 valence electrons. The lowest BCUT2D eigenvalue weighted by Crippen LogP contribution is -2.28. The molecule has 0 aromatic carbocycles. The van der Waals surface area contributed by atoms with Crippen molar-refractivity contribution in [1.29, 1.82) is 0 Å². The Balaban J connectivity index is 3.56. The maximum Gasteiger partial charge on any atom is 0.148 e. The second-order valence-corrected chi connectivity index (χ2v) is 1.71. The fraction of sp³-hybridized carbons (Fsp3) is 0.800. The standard InChI is InChI=1S/C5H13N3/c1-3-4(2)8-5(6)7/h5H,3,6-7H2,1-2H3/b8-4+. The molecular formula is C5H13N3. The third-order valence-corrected chi connectivity index (χ3v) is 0.881. The third-order valence-electron chi connectivity index (χ3n) is 0.881. The normalized spacial score (nSPS) is 12.9. The van der Waals surface area contributed by atoms with Crippen molar-refractivity contribution in [3.05, 3.63) is 0 Å². The molecule has 3 heteroatoms. The summed E-state index contributed by atoms with van der Waals surface area (Å²) in [7, 11) is 0. The van der Waals surface area contributed by atoms with E-state index >= 15 is 0 Å². The lowest BCUT2D eigenvalue weighted by molar-refractivity contribution is 0.748. The maximum atomic E-state index is 5.16. The lowest BCUT2D eigenvalue weighted by atomic mass is 10.3. The first-order valence-electron chi connectivity index (χ1n) is 2.71. The quantitative estimate of drug-likeness (QED) is 0.395. The number of nitrogens with two attached hydrogens (primary N) is 2. The van der Waals surface area contributed by atoms with Gasteiger partial charge in [0.25, 0.3) is 0 Å². The van der Waals surface area contributed by atoms with Crippen LogP contribution in [0.1, 0.15) is 20.3 Å². The molecule has 3 nitrogen and oxygen atoms in total. The molecule has 0 fully saturated rings. The molecule has 0 saturated heterocycles. The van der Waals surface area contributed by atoms with E-state index in [1.165, 1.54) is 0 Å². The number of hydrogen-bond donors (Lipinski definition) is 2. The van der Waals surface area contributed by atoms with Crippen molar-refractivity contribution in [1.82, 2.24) is 0 Å². The zero-order chi connectivity index (χ0) is 6.57. The first-order chi connectivity index (χ1) is 3.66.